The molecule has 132 valence electrons. The number of ether oxygens (including phenoxy) is 1. The molecule has 3 rings (SSSR count). The van der Waals surface area contributed by atoms with Crippen molar-refractivity contribution in [1.82, 2.24) is 14.9 Å². The van der Waals surface area contributed by atoms with Gasteiger partial charge in [0, 0.05) is 36.1 Å². The summed E-state index contributed by atoms with van der Waals surface area (Å²) in [6, 6.07) is 6.56. The molecular formula is C18H19ClFN3O2. The standard InChI is InChI=1S/C18H19ClFN3O2/c19-15-3-1-4-16(20)14(15)11-17(24)23-9-5-13(6-10-23)12-25-18-21-7-2-8-22-18/h1-4,7-8,13H,5-6,9-12H2. The predicted octanol–water partition coefficient (Wildman–Crippen LogP) is 3.13. The van der Waals surface area contributed by atoms with Crippen molar-refractivity contribution in [3.63, 3.8) is 0 Å². The second kappa shape index (κ2) is 8.25. The number of hydrogen-bond donors (Lipinski definition) is 0. The van der Waals surface area contributed by atoms with E-state index >= 15 is 0 Å². The second-order valence-corrected chi connectivity index (χ2v) is 6.45. The molecule has 2 heterocycles. The minimum absolute atomic E-state index is 0.00940. The summed E-state index contributed by atoms with van der Waals surface area (Å²) in [5.74, 6) is -0.185. The third-order valence-electron chi connectivity index (χ3n) is 4.35. The van der Waals surface area contributed by atoms with Gasteiger partial charge in [-0.05, 0) is 37.0 Å². The topological polar surface area (TPSA) is 55.3 Å². The summed E-state index contributed by atoms with van der Waals surface area (Å²) in [6.07, 6.45) is 4.94. The first-order chi connectivity index (χ1) is 12.1. The number of likely N-dealkylation sites (tertiary alicyclic amines) is 1. The van der Waals surface area contributed by atoms with E-state index in [0.29, 0.717) is 36.6 Å². The summed E-state index contributed by atoms with van der Waals surface area (Å²) in [5.41, 5.74) is 0.265. The molecule has 1 aromatic heterocycles. The van der Waals surface area contributed by atoms with Crippen LogP contribution in [0.4, 0.5) is 4.39 Å². The largest absolute Gasteiger partial charge is 0.463 e. The monoisotopic (exact) mass is 363 g/mol. The Labute approximate surface area is 150 Å². The van der Waals surface area contributed by atoms with Gasteiger partial charge in [-0.1, -0.05) is 17.7 Å². The number of nitrogens with zero attached hydrogens (tertiary/aromatic N) is 3. The molecule has 2 aromatic rings. The van der Waals surface area contributed by atoms with Crippen molar-refractivity contribution in [2.75, 3.05) is 19.7 Å². The summed E-state index contributed by atoms with van der Waals surface area (Å²) in [4.78, 5) is 22.2. The molecule has 1 aromatic carbocycles. The van der Waals surface area contributed by atoms with Crippen LogP contribution in [0.5, 0.6) is 6.01 Å². The molecule has 1 amide bonds. The highest BCUT2D eigenvalue weighted by atomic mass is 35.5. The van der Waals surface area contributed by atoms with E-state index in [9.17, 15) is 9.18 Å². The highest BCUT2D eigenvalue weighted by Crippen LogP contribution is 2.22. The highest BCUT2D eigenvalue weighted by Gasteiger charge is 2.24. The van der Waals surface area contributed by atoms with Crippen molar-refractivity contribution in [3.8, 4) is 6.01 Å². The van der Waals surface area contributed by atoms with Crippen molar-refractivity contribution in [2.45, 2.75) is 19.3 Å². The Kier molecular flexibility index (Phi) is 5.81. The lowest BCUT2D eigenvalue weighted by Gasteiger charge is -2.32. The molecule has 0 N–H and O–H groups in total. The van der Waals surface area contributed by atoms with Gasteiger partial charge in [-0.2, -0.15) is 0 Å². The lowest BCUT2D eigenvalue weighted by molar-refractivity contribution is -0.132. The molecule has 0 spiro atoms. The maximum absolute atomic E-state index is 13.8. The molecule has 0 atom stereocenters. The van der Waals surface area contributed by atoms with E-state index < -0.39 is 5.82 Å². The predicted molar refractivity (Wildman–Crippen MR) is 91.9 cm³/mol. The number of aromatic nitrogens is 2. The van der Waals surface area contributed by atoms with Crippen LogP contribution in [0.1, 0.15) is 18.4 Å². The molecule has 25 heavy (non-hydrogen) atoms. The Morgan fingerprint density at radius 1 is 1.24 bits per heavy atom. The summed E-state index contributed by atoms with van der Waals surface area (Å²) in [5, 5.41) is 0.291. The van der Waals surface area contributed by atoms with Crippen LogP contribution >= 0.6 is 11.6 Å². The quantitative estimate of drug-likeness (QED) is 0.819. The van der Waals surface area contributed by atoms with Gasteiger partial charge < -0.3 is 9.64 Å². The molecule has 7 heteroatoms. The third kappa shape index (κ3) is 4.66. The molecule has 1 saturated heterocycles. The molecule has 0 unspecified atom stereocenters. The number of hydrogen-bond acceptors (Lipinski definition) is 4. The van der Waals surface area contributed by atoms with Gasteiger partial charge in [-0.3, -0.25) is 4.79 Å². The highest BCUT2D eigenvalue weighted by molar-refractivity contribution is 6.31. The molecule has 0 radical (unpaired) electrons. The van der Waals surface area contributed by atoms with Gasteiger partial charge in [0.05, 0.1) is 13.0 Å². The normalized spacial score (nSPS) is 15.2. The van der Waals surface area contributed by atoms with E-state index in [1.165, 1.54) is 12.1 Å². The number of rotatable bonds is 5. The van der Waals surface area contributed by atoms with Crippen molar-refractivity contribution >= 4 is 17.5 Å². The van der Waals surface area contributed by atoms with Crippen molar-refractivity contribution in [1.29, 1.82) is 0 Å². The van der Waals surface area contributed by atoms with Gasteiger partial charge in [0.1, 0.15) is 5.82 Å². The maximum atomic E-state index is 13.8. The van der Waals surface area contributed by atoms with E-state index in [-0.39, 0.29) is 17.9 Å². The molecule has 0 aliphatic carbocycles. The first kappa shape index (κ1) is 17.6. The van der Waals surface area contributed by atoms with Crippen LogP contribution in [0.3, 0.4) is 0 Å². The first-order valence-corrected chi connectivity index (χ1v) is 8.62. The first-order valence-electron chi connectivity index (χ1n) is 8.24. The Balaban J connectivity index is 1.48. The number of halogens is 2. The van der Waals surface area contributed by atoms with Crippen LogP contribution in [0.2, 0.25) is 5.02 Å². The average Bonchev–Trinajstić information content (AvgIpc) is 2.64. The van der Waals surface area contributed by atoms with Gasteiger partial charge in [0.25, 0.3) is 0 Å². The van der Waals surface area contributed by atoms with E-state index in [1.54, 1.807) is 29.4 Å². The fraction of sp³-hybridized carbons (Fsp3) is 0.389. The van der Waals surface area contributed by atoms with Crippen LogP contribution in [-0.2, 0) is 11.2 Å². The average molecular weight is 364 g/mol. The molecule has 1 aliphatic heterocycles. The summed E-state index contributed by atoms with van der Waals surface area (Å²) >= 11 is 6.00. The number of piperidine rings is 1. The fourth-order valence-corrected chi connectivity index (χ4v) is 3.10. The van der Waals surface area contributed by atoms with Crippen LogP contribution < -0.4 is 4.74 Å². The van der Waals surface area contributed by atoms with Gasteiger partial charge >= 0.3 is 6.01 Å². The molecule has 0 saturated carbocycles. The zero-order valence-corrected chi connectivity index (χ0v) is 14.5. The minimum Gasteiger partial charge on any atom is -0.463 e. The van der Waals surface area contributed by atoms with Gasteiger partial charge in [0.2, 0.25) is 5.91 Å². The van der Waals surface area contributed by atoms with Crippen LogP contribution in [-0.4, -0.2) is 40.5 Å². The van der Waals surface area contributed by atoms with E-state index in [0.717, 1.165) is 12.8 Å². The summed E-state index contributed by atoms with van der Waals surface area (Å²) in [7, 11) is 0. The number of amides is 1. The van der Waals surface area contributed by atoms with E-state index in [2.05, 4.69) is 9.97 Å². The lowest BCUT2D eigenvalue weighted by Crippen LogP contribution is -2.40. The summed E-state index contributed by atoms with van der Waals surface area (Å²) in [6.45, 7) is 1.80. The van der Waals surface area contributed by atoms with Crippen LogP contribution in [0.15, 0.2) is 36.7 Å². The minimum atomic E-state index is -0.438. The van der Waals surface area contributed by atoms with Crippen molar-refractivity contribution in [2.24, 2.45) is 5.92 Å². The lowest BCUT2D eigenvalue weighted by atomic mass is 9.97. The molecule has 1 aliphatic rings. The Bertz CT molecular complexity index is 701. The number of carbonyl (C=O) groups excluding carboxylic acids is 1. The van der Waals surface area contributed by atoms with E-state index in [1.807, 2.05) is 0 Å². The van der Waals surface area contributed by atoms with E-state index in [4.69, 9.17) is 16.3 Å². The number of benzene rings is 1. The Morgan fingerprint density at radius 2 is 1.96 bits per heavy atom. The zero-order chi connectivity index (χ0) is 17.6. The molecule has 1 fully saturated rings. The Morgan fingerprint density at radius 3 is 2.64 bits per heavy atom. The van der Waals surface area contributed by atoms with Gasteiger partial charge in [-0.15, -0.1) is 0 Å². The summed E-state index contributed by atoms with van der Waals surface area (Å²) < 4.78 is 19.4. The van der Waals surface area contributed by atoms with Crippen molar-refractivity contribution in [3.05, 3.63) is 53.1 Å². The smallest absolute Gasteiger partial charge is 0.316 e. The zero-order valence-electron chi connectivity index (χ0n) is 13.7. The molecule has 0 bridgehead atoms. The SMILES string of the molecule is O=C(Cc1c(F)cccc1Cl)N1CCC(COc2ncccn2)CC1. The third-order valence-corrected chi connectivity index (χ3v) is 4.70. The molecule has 5 nitrogen and oxygen atoms in total. The second-order valence-electron chi connectivity index (χ2n) is 6.04. The van der Waals surface area contributed by atoms with Gasteiger partial charge in [-0.25, -0.2) is 14.4 Å². The van der Waals surface area contributed by atoms with Crippen LogP contribution in [0.25, 0.3) is 0 Å². The maximum Gasteiger partial charge on any atom is 0.316 e. The van der Waals surface area contributed by atoms with Crippen molar-refractivity contribution < 1.29 is 13.9 Å². The van der Waals surface area contributed by atoms with Crippen LogP contribution in [0, 0.1) is 11.7 Å². The van der Waals surface area contributed by atoms with Gasteiger partial charge in [0.15, 0.2) is 0 Å². The number of carbonyl (C=O) groups is 1. The molecular weight excluding hydrogens is 345 g/mol. The Hall–Kier alpha value is -2.21. The fourth-order valence-electron chi connectivity index (χ4n) is 2.87.